The van der Waals surface area contributed by atoms with Gasteiger partial charge in [-0.2, -0.15) is 0 Å². The van der Waals surface area contributed by atoms with Crippen molar-refractivity contribution in [3.8, 4) is 0 Å². The summed E-state index contributed by atoms with van der Waals surface area (Å²) in [6, 6.07) is 0.00556. The third-order valence-electron chi connectivity index (χ3n) is 2.63. The fourth-order valence-electron chi connectivity index (χ4n) is 1.96. The zero-order valence-corrected chi connectivity index (χ0v) is 12.8. The monoisotopic (exact) mass is 248 g/mol. The van der Waals surface area contributed by atoms with Crippen LogP contribution in [0.2, 0.25) is 0 Å². The van der Waals surface area contributed by atoms with Crippen molar-refractivity contribution in [1.29, 1.82) is 0 Å². The molecule has 0 bridgehead atoms. The molecule has 0 aromatic carbocycles. The van der Waals surface area contributed by atoms with Crippen LogP contribution < -0.4 is 51.4 Å². The van der Waals surface area contributed by atoms with Crippen molar-refractivity contribution in [2.24, 2.45) is 0 Å². The van der Waals surface area contributed by atoms with Crippen LogP contribution in [0.25, 0.3) is 0 Å². The van der Waals surface area contributed by atoms with Gasteiger partial charge in [-0.25, -0.2) is 0 Å². The molecule has 1 aliphatic heterocycles. The third-order valence-corrected chi connectivity index (χ3v) is 2.63. The molecule has 1 saturated heterocycles. The maximum absolute atomic E-state index is 12.3. The second kappa shape index (κ2) is 6.98. The zero-order valence-electron chi connectivity index (χ0n) is 9.72. The Morgan fingerprint density at radius 3 is 2.40 bits per heavy atom. The Balaban J connectivity index is 0.00000196. The van der Waals surface area contributed by atoms with Gasteiger partial charge in [-0.05, 0) is 39.9 Å². The second-order valence-corrected chi connectivity index (χ2v) is 4.17. The van der Waals surface area contributed by atoms with Crippen LogP contribution in [-0.2, 0) is 0 Å². The summed E-state index contributed by atoms with van der Waals surface area (Å²) in [4.78, 5) is 3.64. The predicted octanol–water partition coefficient (Wildman–Crippen LogP) is -1.60. The molecule has 0 spiro atoms. The van der Waals surface area contributed by atoms with E-state index in [1.807, 2.05) is 14.0 Å². The maximum Gasteiger partial charge on any atom is 1.00 e. The largest absolute Gasteiger partial charge is 1.00 e. The molecule has 84 valence electrons. The predicted molar refractivity (Wildman–Crippen MR) is 52.2 cm³/mol. The van der Waals surface area contributed by atoms with Gasteiger partial charge in [-0.15, -0.1) is 0 Å². The van der Waals surface area contributed by atoms with Gasteiger partial charge in [0, 0.05) is 12.6 Å². The molecule has 1 aliphatic rings. The van der Waals surface area contributed by atoms with Crippen molar-refractivity contribution in [2.75, 3.05) is 33.1 Å². The fourth-order valence-corrected chi connectivity index (χ4v) is 1.96. The van der Waals surface area contributed by atoms with Gasteiger partial charge in [0.2, 0.25) is 0 Å². The van der Waals surface area contributed by atoms with Crippen LogP contribution in [0.1, 0.15) is 13.3 Å². The van der Waals surface area contributed by atoms with Gasteiger partial charge in [0.25, 0.3) is 0 Å². The van der Waals surface area contributed by atoms with Crippen molar-refractivity contribution in [3.05, 3.63) is 0 Å². The minimum absolute atomic E-state index is 0. The smallest absolute Gasteiger partial charge is 0.448 e. The standard InChI is InChI=1S/C8H17BF3N2.K/c1-8-6-13(2)4-3-5-14(8)7-9(10,11)12;/h8H,3-7H2,1-2H3;/q-1;+1. The van der Waals surface area contributed by atoms with Gasteiger partial charge in [-0.1, -0.05) is 0 Å². The molecule has 0 N–H and O–H groups in total. The molecule has 0 aromatic rings. The van der Waals surface area contributed by atoms with E-state index < -0.39 is 13.4 Å². The molecule has 1 fully saturated rings. The van der Waals surface area contributed by atoms with Crippen molar-refractivity contribution in [2.45, 2.75) is 19.4 Å². The summed E-state index contributed by atoms with van der Waals surface area (Å²) in [5.74, 6) is 0. The number of nitrogens with zero attached hydrogens (tertiary/aromatic N) is 2. The first-order valence-electron chi connectivity index (χ1n) is 5.02. The number of hydrogen-bond donors (Lipinski definition) is 0. The van der Waals surface area contributed by atoms with E-state index in [1.165, 1.54) is 0 Å². The van der Waals surface area contributed by atoms with E-state index in [2.05, 4.69) is 4.90 Å². The Kier molecular flexibility index (Phi) is 7.64. The number of likely N-dealkylation sites (N-methyl/N-ethyl adjacent to an activating group) is 1. The molecular weight excluding hydrogens is 231 g/mol. The third kappa shape index (κ3) is 6.65. The van der Waals surface area contributed by atoms with Crippen molar-refractivity contribution < 1.29 is 64.3 Å². The van der Waals surface area contributed by atoms with E-state index in [4.69, 9.17) is 0 Å². The van der Waals surface area contributed by atoms with Crippen molar-refractivity contribution in [3.63, 3.8) is 0 Å². The Morgan fingerprint density at radius 2 is 1.87 bits per heavy atom. The molecule has 0 aromatic heterocycles. The molecule has 15 heavy (non-hydrogen) atoms. The maximum atomic E-state index is 12.3. The topological polar surface area (TPSA) is 6.48 Å². The fraction of sp³-hybridized carbons (Fsp3) is 1.00. The molecule has 1 heterocycles. The summed E-state index contributed by atoms with van der Waals surface area (Å²) in [6.45, 7) is -0.630. The van der Waals surface area contributed by atoms with E-state index in [-0.39, 0.29) is 57.4 Å². The van der Waals surface area contributed by atoms with E-state index in [0.717, 1.165) is 19.5 Å². The van der Waals surface area contributed by atoms with Gasteiger partial charge in [0.05, 0.1) is 0 Å². The second-order valence-electron chi connectivity index (χ2n) is 4.17. The minimum Gasteiger partial charge on any atom is -0.448 e. The van der Waals surface area contributed by atoms with Crippen molar-refractivity contribution in [1.82, 2.24) is 9.80 Å². The molecule has 2 nitrogen and oxygen atoms in total. The van der Waals surface area contributed by atoms with Gasteiger partial charge in [-0.3, -0.25) is 0 Å². The first-order valence-corrected chi connectivity index (χ1v) is 5.02. The van der Waals surface area contributed by atoms with Gasteiger partial charge in [0.15, 0.2) is 0 Å². The summed E-state index contributed by atoms with van der Waals surface area (Å²) in [5, 5.41) is 0. The summed E-state index contributed by atoms with van der Waals surface area (Å²) in [6.07, 6.45) is 0.113. The summed E-state index contributed by atoms with van der Waals surface area (Å²) >= 11 is 0. The Morgan fingerprint density at radius 1 is 1.27 bits per heavy atom. The average Bonchev–Trinajstić information content (AvgIpc) is 2.11. The van der Waals surface area contributed by atoms with E-state index in [1.54, 1.807) is 4.90 Å². The summed E-state index contributed by atoms with van der Waals surface area (Å²) in [5.41, 5.74) is 0. The Bertz CT molecular complexity index is 191. The van der Waals surface area contributed by atoms with Crippen LogP contribution in [0.15, 0.2) is 0 Å². The van der Waals surface area contributed by atoms with Gasteiger partial charge >= 0.3 is 58.4 Å². The van der Waals surface area contributed by atoms with Crippen LogP contribution in [-0.4, -0.2) is 55.9 Å². The molecule has 1 rings (SSSR count). The normalized spacial score (nSPS) is 25.8. The molecule has 1 atom stereocenters. The summed E-state index contributed by atoms with van der Waals surface area (Å²) < 4.78 is 36.8. The molecule has 0 saturated carbocycles. The SMILES string of the molecule is CC1CN(C)CCCN1C[B-](F)(F)F.[K+]. The molecular formula is C8H17BF3KN2. The van der Waals surface area contributed by atoms with Crippen LogP contribution >= 0.6 is 0 Å². The Labute approximate surface area is 132 Å². The van der Waals surface area contributed by atoms with Crippen LogP contribution in [0.5, 0.6) is 0 Å². The Hall–Kier alpha value is 1.41. The van der Waals surface area contributed by atoms with Crippen molar-refractivity contribution >= 4 is 6.98 Å². The van der Waals surface area contributed by atoms with Crippen LogP contribution in [0.3, 0.4) is 0 Å². The zero-order chi connectivity index (χ0) is 10.8. The molecule has 0 aliphatic carbocycles. The summed E-state index contributed by atoms with van der Waals surface area (Å²) in [7, 11) is 1.96. The van der Waals surface area contributed by atoms with Crippen LogP contribution in [0, 0.1) is 0 Å². The van der Waals surface area contributed by atoms with Crippen LogP contribution in [0.4, 0.5) is 12.9 Å². The average molecular weight is 248 g/mol. The van der Waals surface area contributed by atoms with Gasteiger partial charge < -0.3 is 22.7 Å². The van der Waals surface area contributed by atoms with E-state index in [9.17, 15) is 12.9 Å². The number of halogens is 3. The molecule has 0 radical (unpaired) electrons. The quantitative estimate of drug-likeness (QED) is 0.543. The first kappa shape index (κ1) is 16.4. The molecule has 0 amide bonds. The van der Waals surface area contributed by atoms with Gasteiger partial charge in [0.1, 0.15) is 0 Å². The van der Waals surface area contributed by atoms with E-state index >= 15 is 0 Å². The molecule has 7 heteroatoms. The molecule has 1 unspecified atom stereocenters. The first-order chi connectivity index (χ1) is 6.38. The van der Waals surface area contributed by atoms with E-state index in [0.29, 0.717) is 6.54 Å². The number of hydrogen-bond acceptors (Lipinski definition) is 2. The number of rotatable bonds is 2. The minimum atomic E-state index is -4.68.